The van der Waals surface area contributed by atoms with E-state index in [1.807, 2.05) is 0 Å². The van der Waals surface area contributed by atoms with Crippen LogP contribution in [0.1, 0.15) is 16.3 Å². The lowest BCUT2D eigenvalue weighted by molar-refractivity contribution is 0.111. The maximum Gasteiger partial charge on any atom is 0.168 e. The molecule has 0 radical (unpaired) electrons. The Bertz CT molecular complexity index is 592. The van der Waals surface area contributed by atoms with Crippen molar-refractivity contribution in [2.24, 2.45) is 7.05 Å². The molecular weight excluding hydrogens is 287 g/mol. The van der Waals surface area contributed by atoms with Crippen LogP contribution in [0.4, 0.5) is 4.39 Å². The van der Waals surface area contributed by atoms with Gasteiger partial charge >= 0.3 is 0 Å². The van der Waals surface area contributed by atoms with Gasteiger partial charge in [-0.05, 0) is 25.1 Å². The van der Waals surface area contributed by atoms with E-state index in [1.165, 1.54) is 6.07 Å². The Labute approximate surface area is 106 Å². The number of hydrogen-bond acceptors (Lipinski definition) is 2. The number of halogens is 2. The average Bonchev–Trinajstić information content (AvgIpc) is 2.58. The second-order valence-corrected chi connectivity index (χ2v) is 4.61. The second kappa shape index (κ2) is 4.41. The van der Waals surface area contributed by atoms with E-state index in [1.54, 1.807) is 30.7 Å². The summed E-state index contributed by atoms with van der Waals surface area (Å²) in [5, 5.41) is 0. The first-order valence-corrected chi connectivity index (χ1v) is 5.78. The Kier molecular flexibility index (Phi) is 3.11. The molecule has 0 amide bonds. The average molecular weight is 297 g/mol. The van der Waals surface area contributed by atoms with Gasteiger partial charge in [0.1, 0.15) is 23.0 Å². The molecule has 2 aromatic rings. The van der Waals surface area contributed by atoms with Gasteiger partial charge in [0.2, 0.25) is 0 Å². The SMILES string of the molecule is Cc1nc(-c2cc(Br)ccc2F)c(C=O)n1C. The number of benzene rings is 1. The molecule has 0 saturated carbocycles. The maximum absolute atomic E-state index is 13.7. The number of rotatable bonds is 2. The minimum absolute atomic E-state index is 0.324. The largest absolute Gasteiger partial charge is 0.329 e. The van der Waals surface area contributed by atoms with Crippen molar-refractivity contribution in [3.05, 3.63) is 40.0 Å². The molecule has 0 saturated heterocycles. The van der Waals surface area contributed by atoms with Crippen LogP contribution >= 0.6 is 15.9 Å². The summed E-state index contributed by atoms with van der Waals surface area (Å²) < 4.78 is 16.1. The summed E-state index contributed by atoms with van der Waals surface area (Å²) in [4.78, 5) is 15.3. The Morgan fingerprint density at radius 3 is 2.82 bits per heavy atom. The lowest BCUT2D eigenvalue weighted by atomic mass is 10.1. The van der Waals surface area contributed by atoms with E-state index in [0.717, 1.165) is 4.47 Å². The summed E-state index contributed by atoms with van der Waals surface area (Å²) in [7, 11) is 1.73. The van der Waals surface area contributed by atoms with E-state index < -0.39 is 5.82 Å². The molecule has 1 aromatic heterocycles. The third-order valence-corrected chi connectivity index (χ3v) is 3.15. The highest BCUT2D eigenvalue weighted by atomic mass is 79.9. The van der Waals surface area contributed by atoms with Crippen molar-refractivity contribution in [2.75, 3.05) is 0 Å². The zero-order valence-electron chi connectivity index (χ0n) is 9.37. The zero-order chi connectivity index (χ0) is 12.6. The predicted molar refractivity (Wildman–Crippen MR) is 66.4 cm³/mol. The van der Waals surface area contributed by atoms with E-state index in [9.17, 15) is 9.18 Å². The highest BCUT2D eigenvalue weighted by Crippen LogP contribution is 2.27. The number of carbonyl (C=O) groups is 1. The van der Waals surface area contributed by atoms with Gasteiger partial charge in [-0.15, -0.1) is 0 Å². The number of carbonyl (C=O) groups excluding carboxylic acids is 1. The van der Waals surface area contributed by atoms with Gasteiger partial charge in [-0.3, -0.25) is 4.79 Å². The third-order valence-electron chi connectivity index (χ3n) is 2.66. The molecule has 3 nitrogen and oxygen atoms in total. The third kappa shape index (κ3) is 2.02. The van der Waals surface area contributed by atoms with E-state index in [4.69, 9.17) is 0 Å². The Morgan fingerprint density at radius 1 is 1.47 bits per heavy atom. The van der Waals surface area contributed by atoms with Gasteiger partial charge in [-0.25, -0.2) is 9.37 Å². The van der Waals surface area contributed by atoms with Crippen LogP contribution in [-0.2, 0) is 7.05 Å². The van der Waals surface area contributed by atoms with Gasteiger partial charge in [0.05, 0.1) is 0 Å². The highest BCUT2D eigenvalue weighted by molar-refractivity contribution is 9.10. The fourth-order valence-corrected chi connectivity index (χ4v) is 2.00. The highest BCUT2D eigenvalue weighted by Gasteiger charge is 2.16. The first-order chi connectivity index (χ1) is 8.04. The fourth-order valence-electron chi connectivity index (χ4n) is 1.64. The van der Waals surface area contributed by atoms with Crippen LogP contribution in [0.2, 0.25) is 0 Å². The van der Waals surface area contributed by atoms with Crippen molar-refractivity contribution in [1.29, 1.82) is 0 Å². The number of aryl methyl sites for hydroxylation is 1. The molecule has 5 heteroatoms. The summed E-state index contributed by atoms with van der Waals surface area (Å²) >= 11 is 3.28. The first-order valence-electron chi connectivity index (χ1n) is 4.98. The molecule has 0 unspecified atom stereocenters. The monoisotopic (exact) mass is 296 g/mol. The summed E-state index contributed by atoms with van der Waals surface area (Å²) in [5.41, 5.74) is 1.07. The Hall–Kier alpha value is -1.49. The molecule has 1 aromatic carbocycles. The Balaban J connectivity index is 2.72. The molecule has 0 N–H and O–H groups in total. The standard InChI is InChI=1S/C12H10BrFN2O/c1-7-15-12(11(6-17)16(7)2)9-5-8(13)3-4-10(9)14/h3-6H,1-2H3. The molecule has 88 valence electrons. The van der Waals surface area contributed by atoms with Gasteiger partial charge in [-0.2, -0.15) is 0 Å². The second-order valence-electron chi connectivity index (χ2n) is 3.69. The molecular formula is C12H10BrFN2O. The minimum atomic E-state index is -0.394. The van der Waals surface area contributed by atoms with Crippen LogP contribution in [0.5, 0.6) is 0 Å². The number of nitrogens with zero attached hydrogens (tertiary/aromatic N) is 2. The molecule has 0 aliphatic heterocycles. The lowest BCUT2D eigenvalue weighted by Crippen LogP contribution is -1.97. The van der Waals surface area contributed by atoms with Crippen molar-refractivity contribution in [2.45, 2.75) is 6.92 Å². The van der Waals surface area contributed by atoms with Crippen LogP contribution in [0.3, 0.4) is 0 Å². The van der Waals surface area contributed by atoms with Gasteiger partial charge in [0, 0.05) is 17.1 Å². The molecule has 0 aliphatic rings. The van der Waals surface area contributed by atoms with Crippen LogP contribution in [0.15, 0.2) is 22.7 Å². The summed E-state index contributed by atoms with van der Waals surface area (Å²) in [6.45, 7) is 1.77. The van der Waals surface area contributed by atoms with Crippen molar-refractivity contribution < 1.29 is 9.18 Å². The van der Waals surface area contributed by atoms with Crippen LogP contribution < -0.4 is 0 Å². The molecule has 0 atom stereocenters. The molecule has 0 aliphatic carbocycles. The minimum Gasteiger partial charge on any atom is -0.329 e. The smallest absolute Gasteiger partial charge is 0.168 e. The van der Waals surface area contributed by atoms with Crippen LogP contribution in [0, 0.1) is 12.7 Å². The lowest BCUT2D eigenvalue weighted by Gasteiger charge is -2.02. The first kappa shape index (κ1) is 12.0. The van der Waals surface area contributed by atoms with Crippen LogP contribution in [-0.4, -0.2) is 15.8 Å². The normalized spacial score (nSPS) is 10.6. The Morgan fingerprint density at radius 2 is 2.18 bits per heavy atom. The van der Waals surface area contributed by atoms with Crippen molar-refractivity contribution >= 4 is 22.2 Å². The topological polar surface area (TPSA) is 34.9 Å². The van der Waals surface area contributed by atoms with E-state index in [0.29, 0.717) is 29.1 Å². The quantitative estimate of drug-likeness (QED) is 0.798. The molecule has 0 spiro atoms. The van der Waals surface area contributed by atoms with Gasteiger partial charge in [0.15, 0.2) is 6.29 Å². The molecule has 17 heavy (non-hydrogen) atoms. The number of aromatic nitrogens is 2. The van der Waals surface area contributed by atoms with E-state index in [2.05, 4.69) is 20.9 Å². The number of hydrogen-bond donors (Lipinski definition) is 0. The van der Waals surface area contributed by atoms with Gasteiger partial charge < -0.3 is 4.57 Å². The van der Waals surface area contributed by atoms with Crippen molar-refractivity contribution in [3.8, 4) is 11.3 Å². The van der Waals surface area contributed by atoms with Gasteiger partial charge in [0.25, 0.3) is 0 Å². The fraction of sp³-hybridized carbons (Fsp3) is 0.167. The molecule has 0 fully saturated rings. The number of imidazole rings is 1. The zero-order valence-corrected chi connectivity index (χ0v) is 11.0. The summed E-state index contributed by atoms with van der Waals surface area (Å²) in [6.07, 6.45) is 0.690. The van der Waals surface area contributed by atoms with Crippen LogP contribution in [0.25, 0.3) is 11.3 Å². The molecule has 1 heterocycles. The van der Waals surface area contributed by atoms with Gasteiger partial charge in [-0.1, -0.05) is 15.9 Å². The summed E-state index contributed by atoms with van der Waals surface area (Å²) in [5.74, 6) is 0.274. The predicted octanol–water partition coefficient (Wildman–Crippen LogP) is 3.11. The maximum atomic E-state index is 13.7. The van der Waals surface area contributed by atoms with Crippen molar-refractivity contribution in [1.82, 2.24) is 9.55 Å². The molecule has 2 rings (SSSR count). The molecule has 0 bridgehead atoms. The van der Waals surface area contributed by atoms with E-state index >= 15 is 0 Å². The van der Waals surface area contributed by atoms with Crippen molar-refractivity contribution in [3.63, 3.8) is 0 Å². The van der Waals surface area contributed by atoms with E-state index in [-0.39, 0.29) is 0 Å². The summed E-state index contributed by atoms with van der Waals surface area (Å²) in [6, 6.07) is 4.57. The number of aldehydes is 1.